The van der Waals surface area contributed by atoms with Gasteiger partial charge in [0.05, 0.1) is 5.52 Å². The lowest BCUT2D eigenvalue weighted by molar-refractivity contribution is 0.198. The smallest absolute Gasteiger partial charge is 0.206 e. The van der Waals surface area contributed by atoms with E-state index in [1.807, 2.05) is 17.7 Å². The number of nitrogens with zero attached hydrogens (tertiary/aromatic N) is 4. The zero-order valence-corrected chi connectivity index (χ0v) is 15.4. The molecule has 0 amide bonds. The van der Waals surface area contributed by atoms with Crippen LogP contribution in [0.4, 0.5) is 10.3 Å². The molecule has 0 spiro atoms. The average molecular weight is 352 g/mol. The van der Waals surface area contributed by atoms with Gasteiger partial charge in [-0.15, -0.1) is 0 Å². The second-order valence-electron chi connectivity index (χ2n) is 7.21. The first kappa shape index (κ1) is 17.0. The van der Waals surface area contributed by atoms with Gasteiger partial charge in [0.25, 0.3) is 0 Å². The predicted octanol–water partition coefficient (Wildman–Crippen LogP) is 3.81. The van der Waals surface area contributed by atoms with E-state index in [4.69, 9.17) is 0 Å². The summed E-state index contributed by atoms with van der Waals surface area (Å²) in [6.07, 6.45) is 2.30. The standard InChI is InChI=1S/C21H25FN4/c1-24(21-23-19-12-6-11-18(22)20(19)25(21)2)17-10-7-13-26(15-17)14-16-8-4-3-5-9-16/h3-6,8-9,11-12,17H,7,10,13-15H2,1-2H3. The van der Waals surface area contributed by atoms with Crippen molar-refractivity contribution in [3.05, 3.63) is 59.9 Å². The van der Waals surface area contributed by atoms with Crippen LogP contribution in [-0.4, -0.2) is 40.6 Å². The molecule has 5 heteroatoms. The summed E-state index contributed by atoms with van der Waals surface area (Å²) in [5.74, 6) is 0.614. The van der Waals surface area contributed by atoms with E-state index in [-0.39, 0.29) is 5.82 Å². The summed E-state index contributed by atoms with van der Waals surface area (Å²) in [4.78, 5) is 9.41. The molecule has 2 aromatic carbocycles. The molecule has 0 bridgehead atoms. The van der Waals surface area contributed by atoms with Gasteiger partial charge in [0.2, 0.25) is 5.95 Å². The van der Waals surface area contributed by atoms with E-state index in [1.54, 1.807) is 6.07 Å². The Balaban J connectivity index is 1.53. The quantitative estimate of drug-likeness (QED) is 0.714. The van der Waals surface area contributed by atoms with Gasteiger partial charge in [-0.3, -0.25) is 4.90 Å². The van der Waals surface area contributed by atoms with E-state index in [2.05, 4.69) is 52.2 Å². The summed E-state index contributed by atoms with van der Waals surface area (Å²) >= 11 is 0. The molecule has 0 N–H and O–H groups in total. The highest BCUT2D eigenvalue weighted by atomic mass is 19.1. The molecule has 1 aliphatic heterocycles. The first-order valence-electron chi connectivity index (χ1n) is 9.23. The molecule has 1 saturated heterocycles. The largest absolute Gasteiger partial charge is 0.341 e. The number of hydrogen-bond acceptors (Lipinski definition) is 3. The molecule has 1 atom stereocenters. The number of likely N-dealkylation sites (N-methyl/N-ethyl adjacent to an activating group) is 1. The van der Waals surface area contributed by atoms with Gasteiger partial charge in [-0.1, -0.05) is 36.4 Å². The number of fused-ring (bicyclic) bond motifs is 1. The van der Waals surface area contributed by atoms with Gasteiger partial charge in [0, 0.05) is 33.2 Å². The molecule has 0 saturated carbocycles. The molecule has 26 heavy (non-hydrogen) atoms. The van der Waals surface area contributed by atoms with Crippen molar-refractivity contribution in [2.24, 2.45) is 7.05 Å². The molecule has 3 aromatic rings. The molecule has 2 heterocycles. The van der Waals surface area contributed by atoms with Crippen LogP contribution in [0.2, 0.25) is 0 Å². The second kappa shape index (κ2) is 7.08. The Morgan fingerprint density at radius 1 is 1.15 bits per heavy atom. The number of imidazole rings is 1. The third-order valence-electron chi connectivity index (χ3n) is 5.41. The van der Waals surface area contributed by atoms with Crippen LogP contribution in [0.1, 0.15) is 18.4 Å². The maximum atomic E-state index is 14.2. The number of aromatic nitrogens is 2. The Labute approximate surface area is 153 Å². The van der Waals surface area contributed by atoms with Crippen LogP contribution < -0.4 is 4.90 Å². The lowest BCUT2D eigenvalue weighted by Crippen LogP contribution is -2.47. The fraction of sp³-hybridized carbons (Fsp3) is 0.381. The number of hydrogen-bond donors (Lipinski definition) is 0. The molecule has 1 aliphatic rings. The van der Waals surface area contributed by atoms with Gasteiger partial charge < -0.3 is 9.47 Å². The summed E-state index contributed by atoms with van der Waals surface area (Å²) in [5.41, 5.74) is 2.64. The molecule has 4 nitrogen and oxygen atoms in total. The summed E-state index contributed by atoms with van der Waals surface area (Å²) < 4.78 is 16.1. The molecule has 136 valence electrons. The average Bonchev–Trinajstić information content (AvgIpc) is 3.00. The van der Waals surface area contributed by atoms with E-state index < -0.39 is 0 Å². The minimum atomic E-state index is -0.216. The number of benzene rings is 2. The zero-order valence-electron chi connectivity index (χ0n) is 15.4. The van der Waals surface area contributed by atoms with E-state index >= 15 is 0 Å². The van der Waals surface area contributed by atoms with Crippen molar-refractivity contribution >= 4 is 17.0 Å². The van der Waals surface area contributed by atoms with Gasteiger partial charge >= 0.3 is 0 Å². The highest BCUT2D eigenvalue weighted by Gasteiger charge is 2.26. The summed E-state index contributed by atoms with van der Waals surface area (Å²) in [6, 6.07) is 16.1. The lowest BCUT2D eigenvalue weighted by Gasteiger charge is -2.38. The minimum Gasteiger partial charge on any atom is -0.341 e. The molecular formula is C21H25FN4. The molecular weight excluding hydrogens is 327 g/mol. The van der Waals surface area contributed by atoms with Crippen molar-refractivity contribution in [2.75, 3.05) is 25.0 Å². The van der Waals surface area contributed by atoms with Crippen molar-refractivity contribution in [3.8, 4) is 0 Å². The third-order valence-corrected chi connectivity index (χ3v) is 5.41. The maximum absolute atomic E-state index is 14.2. The molecule has 4 rings (SSSR count). The highest BCUT2D eigenvalue weighted by Crippen LogP contribution is 2.26. The van der Waals surface area contributed by atoms with Crippen molar-refractivity contribution in [1.82, 2.24) is 14.5 Å². The molecule has 1 aromatic heterocycles. The highest BCUT2D eigenvalue weighted by molar-refractivity contribution is 5.79. The Kier molecular flexibility index (Phi) is 4.64. The Bertz CT molecular complexity index is 890. The van der Waals surface area contributed by atoms with Crippen LogP contribution in [0.3, 0.4) is 0 Å². The normalized spacial score (nSPS) is 18.3. The van der Waals surface area contributed by atoms with E-state index in [0.29, 0.717) is 17.1 Å². The fourth-order valence-electron chi connectivity index (χ4n) is 4.02. The second-order valence-corrected chi connectivity index (χ2v) is 7.21. The molecule has 1 fully saturated rings. The lowest BCUT2D eigenvalue weighted by atomic mass is 10.0. The van der Waals surface area contributed by atoms with Crippen LogP contribution in [0.25, 0.3) is 11.0 Å². The van der Waals surface area contributed by atoms with Crippen LogP contribution >= 0.6 is 0 Å². The Morgan fingerprint density at radius 2 is 1.96 bits per heavy atom. The number of para-hydroxylation sites is 1. The number of piperidine rings is 1. The first-order valence-corrected chi connectivity index (χ1v) is 9.23. The summed E-state index contributed by atoms with van der Waals surface area (Å²) in [7, 11) is 3.98. The number of anilines is 1. The van der Waals surface area contributed by atoms with Crippen LogP contribution in [0, 0.1) is 5.82 Å². The molecule has 1 unspecified atom stereocenters. The topological polar surface area (TPSA) is 24.3 Å². The predicted molar refractivity (Wildman–Crippen MR) is 104 cm³/mol. The Hall–Kier alpha value is -2.40. The first-order chi connectivity index (χ1) is 12.6. The maximum Gasteiger partial charge on any atom is 0.206 e. The monoisotopic (exact) mass is 352 g/mol. The summed E-state index contributed by atoms with van der Waals surface area (Å²) in [5, 5.41) is 0. The summed E-state index contributed by atoms with van der Waals surface area (Å²) in [6.45, 7) is 3.09. The van der Waals surface area contributed by atoms with Crippen molar-refractivity contribution < 1.29 is 4.39 Å². The van der Waals surface area contributed by atoms with Crippen molar-refractivity contribution in [2.45, 2.75) is 25.4 Å². The fourth-order valence-corrected chi connectivity index (χ4v) is 4.02. The third kappa shape index (κ3) is 3.19. The number of likely N-dealkylation sites (tertiary alicyclic amines) is 1. The van der Waals surface area contributed by atoms with Gasteiger partial charge in [0.1, 0.15) is 11.3 Å². The van der Waals surface area contributed by atoms with E-state index in [0.717, 1.165) is 32.0 Å². The minimum absolute atomic E-state index is 0.216. The van der Waals surface area contributed by atoms with Gasteiger partial charge in [-0.25, -0.2) is 9.37 Å². The van der Waals surface area contributed by atoms with Crippen molar-refractivity contribution in [3.63, 3.8) is 0 Å². The Morgan fingerprint density at radius 3 is 2.73 bits per heavy atom. The van der Waals surface area contributed by atoms with Crippen LogP contribution in [0.15, 0.2) is 48.5 Å². The van der Waals surface area contributed by atoms with Crippen LogP contribution in [-0.2, 0) is 13.6 Å². The zero-order chi connectivity index (χ0) is 18.1. The van der Waals surface area contributed by atoms with Gasteiger partial charge in [-0.05, 0) is 37.1 Å². The SMILES string of the molecule is CN(c1nc2cccc(F)c2n1C)C1CCCN(Cc2ccccc2)C1. The van der Waals surface area contributed by atoms with Gasteiger partial charge in [-0.2, -0.15) is 0 Å². The number of aryl methyl sites for hydroxylation is 1. The van der Waals surface area contributed by atoms with Gasteiger partial charge in [0.15, 0.2) is 0 Å². The number of rotatable bonds is 4. The number of halogens is 1. The van der Waals surface area contributed by atoms with Crippen molar-refractivity contribution in [1.29, 1.82) is 0 Å². The van der Waals surface area contributed by atoms with E-state index in [1.165, 1.54) is 18.1 Å². The van der Waals surface area contributed by atoms with E-state index in [9.17, 15) is 4.39 Å². The molecule has 0 aliphatic carbocycles. The van der Waals surface area contributed by atoms with Crippen LogP contribution in [0.5, 0.6) is 0 Å². The molecule has 0 radical (unpaired) electrons.